The summed E-state index contributed by atoms with van der Waals surface area (Å²) in [4.78, 5) is 16.3. The first-order chi connectivity index (χ1) is 8.67. The molecule has 98 valence electrons. The Kier molecular flexibility index (Phi) is 3.81. The molecule has 0 aromatic carbocycles. The Morgan fingerprint density at radius 2 is 2.28 bits per heavy atom. The molecule has 1 amide bonds. The van der Waals surface area contributed by atoms with Gasteiger partial charge in [-0.15, -0.1) is 0 Å². The Morgan fingerprint density at radius 1 is 1.50 bits per heavy atom. The molecule has 2 atom stereocenters. The summed E-state index contributed by atoms with van der Waals surface area (Å²) >= 11 is 0. The van der Waals surface area contributed by atoms with E-state index in [-0.39, 0.29) is 5.91 Å². The summed E-state index contributed by atoms with van der Waals surface area (Å²) in [5.74, 6) is 6.49. The molecular formula is C13H20N4O. The highest BCUT2D eigenvalue weighted by Crippen LogP contribution is 2.33. The molecule has 0 spiro atoms. The number of nitrogens with one attached hydrogen (secondary N) is 2. The number of amides is 1. The highest BCUT2D eigenvalue weighted by atomic mass is 16.1. The molecule has 4 N–H and O–H groups in total. The summed E-state index contributed by atoms with van der Waals surface area (Å²) in [5, 5.41) is 3.04. The fraction of sp³-hybridized carbons (Fsp3) is 0.538. The SMILES string of the molecule is CCc1cc(C(=O)NC2CC2CC)cc(NN)n1. The van der Waals surface area contributed by atoms with E-state index in [2.05, 4.69) is 22.7 Å². The summed E-state index contributed by atoms with van der Waals surface area (Å²) in [6.45, 7) is 4.15. The lowest BCUT2D eigenvalue weighted by molar-refractivity contribution is 0.0949. The van der Waals surface area contributed by atoms with Gasteiger partial charge in [0.2, 0.25) is 0 Å². The van der Waals surface area contributed by atoms with Crippen LogP contribution in [0.1, 0.15) is 42.7 Å². The zero-order valence-electron chi connectivity index (χ0n) is 10.9. The topological polar surface area (TPSA) is 80.0 Å². The van der Waals surface area contributed by atoms with Crippen molar-refractivity contribution in [3.63, 3.8) is 0 Å². The van der Waals surface area contributed by atoms with Crippen LogP contribution in [0.4, 0.5) is 5.82 Å². The molecule has 2 unspecified atom stereocenters. The molecule has 5 heteroatoms. The van der Waals surface area contributed by atoms with Gasteiger partial charge in [0, 0.05) is 17.3 Å². The first-order valence-corrected chi connectivity index (χ1v) is 6.46. The van der Waals surface area contributed by atoms with Gasteiger partial charge in [-0.3, -0.25) is 4.79 Å². The third-order valence-corrected chi connectivity index (χ3v) is 3.41. The minimum absolute atomic E-state index is 0.0375. The lowest BCUT2D eigenvalue weighted by atomic mass is 10.2. The van der Waals surface area contributed by atoms with Crippen LogP contribution in [0.3, 0.4) is 0 Å². The van der Waals surface area contributed by atoms with Crippen molar-refractivity contribution in [1.82, 2.24) is 10.3 Å². The summed E-state index contributed by atoms with van der Waals surface area (Å²) in [5.41, 5.74) is 3.98. The summed E-state index contributed by atoms with van der Waals surface area (Å²) < 4.78 is 0. The van der Waals surface area contributed by atoms with Crippen molar-refractivity contribution in [1.29, 1.82) is 0 Å². The lowest BCUT2D eigenvalue weighted by Gasteiger charge is -2.08. The maximum atomic E-state index is 12.1. The van der Waals surface area contributed by atoms with Crippen molar-refractivity contribution in [3.05, 3.63) is 23.4 Å². The molecular weight excluding hydrogens is 228 g/mol. The zero-order chi connectivity index (χ0) is 13.1. The second kappa shape index (κ2) is 5.35. The van der Waals surface area contributed by atoms with Crippen molar-refractivity contribution in [3.8, 4) is 0 Å². The van der Waals surface area contributed by atoms with Crippen molar-refractivity contribution < 1.29 is 4.79 Å². The highest BCUT2D eigenvalue weighted by Gasteiger charge is 2.36. The van der Waals surface area contributed by atoms with Gasteiger partial charge in [-0.1, -0.05) is 20.3 Å². The third kappa shape index (κ3) is 2.79. The molecule has 1 aliphatic rings. The standard InChI is InChI=1S/C13H20N4O/c1-3-8-6-11(8)16-13(18)9-5-10(4-2)15-12(7-9)17-14/h5,7-8,11H,3-4,6,14H2,1-2H3,(H,15,17)(H,16,18). The zero-order valence-corrected chi connectivity index (χ0v) is 10.9. The van der Waals surface area contributed by atoms with Gasteiger partial charge in [0.15, 0.2) is 0 Å². The monoisotopic (exact) mass is 248 g/mol. The van der Waals surface area contributed by atoms with Gasteiger partial charge in [0.25, 0.3) is 5.91 Å². The molecule has 1 saturated carbocycles. The van der Waals surface area contributed by atoms with E-state index in [1.807, 2.05) is 13.0 Å². The predicted octanol–water partition coefficient (Wildman–Crippen LogP) is 1.46. The van der Waals surface area contributed by atoms with E-state index in [9.17, 15) is 4.79 Å². The molecule has 0 aliphatic heterocycles. The molecule has 2 rings (SSSR count). The number of anilines is 1. The van der Waals surface area contributed by atoms with Crippen molar-refractivity contribution in [2.75, 3.05) is 5.43 Å². The number of nitrogens with two attached hydrogens (primary N) is 1. The molecule has 5 nitrogen and oxygen atoms in total. The number of aryl methyl sites for hydroxylation is 1. The third-order valence-electron chi connectivity index (χ3n) is 3.41. The number of carbonyl (C=O) groups is 1. The largest absolute Gasteiger partial charge is 0.349 e. The van der Waals surface area contributed by atoms with Gasteiger partial charge < -0.3 is 10.7 Å². The number of nitrogen functional groups attached to an aromatic ring is 1. The maximum absolute atomic E-state index is 12.1. The van der Waals surface area contributed by atoms with Gasteiger partial charge >= 0.3 is 0 Å². The van der Waals surface area contributed by atoms with E-state index in [4.69, 9.17) is 5.84 Å². The molecule has 0 radical (unpaired) electrons. The molecule has 1 fully saturated rings. The Morgan fingerprint density at radius 3 is 2.83 bits per heavy atom. The first kappa shape index (κ1) is 12.8. The molecule has 18 heavy (non-hydrogen) atoms. The second-order valence-corrected chi connectivity index (χ2v) is 4.71. The summed E-state index contributed by atoms with van der Waals surface area (Å²) in [7, 11) is 0. The van der Waals surface area contributed by atoms with Crippen molar-refractivity contribution >= 4 is 11.7 Å². The summed E-state index contributed by atoms with van der Waals surface area (Å²) in [6, 6.07) is 3.84. The Labute approximate surface area is 107 Å². The number of rotatable bonds is 5. The van der Waals surface area contributed by atoms with E-state index < -0.39 is 0 Å². The minimum Gasteiger partial charge on any atom is -0.349 e. The molecule has 0 bridgehead atoms. The first-order valence-electron chi connectivity index (χ1n) is 6.46. The van der Waals surface area contributed by atoms with Gasteiger partial charge in [-0.2, -0.15) is 0 Å². The van der Waals surface area contributed by atoms with Gasteiger partial charge in [-0.25, -0.2) is 10.8 Å². The molecule has 1 heterocycles. The van der Waals surface area contributed by atoms with E-state index in [0.29, 0.717) is 23.3 Å². The van der Waals surface area contributed by atoms with Gasteiger partial charge in [0.1, 0.15) is 5.82 Å². The number of carbonyl (C=O) groups excluding carboxylic acids is 1. The number of hydrogen-bond donors (Lipinski definition) is 3. The smallest absolute Gasteiger partial charge is 0.251 e. The highest BCUT2D eigenvalue weighted by molar-refractivity contribution is 5.95. The van der Waals surface area contributed by atoms with Crippen LogP contribution in [0.5, 0.6) is 0 Å². The van der Waals surface area contributed by atoms with E-state index in [1.165, 1.54) is 0 Å². The molecule has 1 aliphatic carbocycles. The molecule has 0 saturated heterocycles. The van der Waals surface area contributed by atoms with E-state index in [1.54, 1.807) is 6.07 Å². The minimum atomic E-state index is -0.0375. The fourth-order valence-electron chi connectivity index (χ4n) is 2.10. The Hall–Kier alpha value is -1.62. The maximum Gasteiger partial charge on any atom is 0.251 e. The van der Waals surface area contributed by atoms with Gasteiger partial charge in [-0.05, 0) is 30.9 Å². The quantitative estimate of drug-likeness (QED) is 0.544. The molecule has 1 aromatic rings. The number of nitrogens with zero attached hydrogens (tertiary/aromatic N) is 1. The fourth-order valence-corrected chi connectivity index (χ4v) is 2.10. The average molecular weight is 248 g/mol. The molecule has 1 aromatic heterocycles. The van der Waals surface area contributed by atoms with E-state index >= 15 is 0 Å². The lowest BCUT2D eigenvalue weighted by Crippen LogP contribution is -2.27. The van der Waals surface area contributed by atoms with Crippen LogP contribution in [-0.4, -0.2) is 16.9 Å². The number of hydrazine groups is 1. The Bertz CT molecular complexity index is 424. The van der Waals surface area contributed by atoms with Crippen LogP contribution in [-0.2, 0) is 6.42 Å². The van der Waals surface area contributed by atoms with Crippen LogP contribution in [0, 0.1) is 5.92 Å². The average Bonchev–Trinajstić information content (AvgIpc) is 3.16. The van der Waals surface area contributed by atoms with Crippen LogP contribution in [0.15, 0.2) is 12.1 Å². The van der Waals surface area contributed by atoms with Crippen LogP contribution >= 0.6 is 0 Å². The van der Waals surface area contributed by atoms with Gasteiger partial charge in [0.05, 0.1) is 0 Å². The number of pyridine rings is 1. The van der Waals surface area contributed by atoms with Crippen molar-refractivity contribution in [2.24, 2.45) is 11.8 Å². The van der Waals surface area contributed by atoms with Crippen LogP contribution in [0.25, 0.3) is 0 Å². The second-order valence-electron chi connectivity index (χ2n) is 4.71. The predicted molar refractivity (Wildman–Crippen MR) is 71.1 cm³/mol. The number of hydrogen-bond acceptors (Lipinski definition) is 4. The normalized spacial score (nSPS) is 21.5. The Balaban J connectivity index is 2.09. The van der Waals surface area contributed by atoms with Crippen LogP contribution in [0.2, 0.25) is 0 Å². The van der Waals surface area contributed by atoms with Crippen molar-refractivity contribution in [2.45, 2.75) is 39.2 Å². The summed E-state index contributed by atoms with van der Waals surface area (Å²) in [6.07, 6.45) is 2.99. The number of aromatic nitrogens is 1. The van der Waals surface area contributed by atoms with E-state index in [0.717, 1.165) is 25.0 Å². The van der Waals surface area contributed by atoms with Crippen LogP contribution < -0.4 is 16.6 Å².